The predicted octanol–water partition coefficient (Wildman–Crippen LogP) is 2.51. The van der Waals surface area contributed by atoms with E-state index in [1.54, 1.807) is 6.07 Å². The summed E-state index contributed by atoms with van der Waals surface area (Å²) in [5.41, 5.74) is 2.21. The summed E-state index contributed by atoms with van der Waals surface area (Å²) in [5, 5.41) is 22.5. The molecule has 4 atom stereocenters. The molecule has 1 aromatic rings. The van der Waals surface area contributed by atoms with Gasteiger partial charge in [-0.25, -0.2) is 0 Å². The maximum Gasteiger partial charge on any atom is 0.166 e. The van der Waals surface area contributed by atoms with E-state index in [-0.39, 0.29) is 17.9 Å². The first-order chi connectivity index (χ1) is 12.0. The van der Waals surface area contributed by atoms with Crippen LogP contribution in [0.2, 0.25) is 0 Å². The van der Waals surface area contributed by atoms with Crippen LogP contribution in [0.25, 0.3) is 0 Å². The third-order valence-corrected chi connectivity index (χ3v) is 7.71. The van der Waals surface area contributed by atoms with Crippen LogP contribution in [-0.2, 0) is 11.8 Å². The lowest BCUT2D eigenvalue weighted by Gasteiger charge is -2.63. The predicted molar refractivity (Wildman–Crippen MR) is 93.9 cm³/mol. The van der Waals surface area contributed by atoms with Crippen molar-refractivity contribution in [2.24, 2.45) is 5.92 Å². The number of rotatable bonds is 2. The van der Waals surface area contributed by atoms with Gasteiger partial charge in [-0.3, -0.25) is 4.90 Å². The molecular weight excluding hydrogens is 314 g/mol. The van der Waals surface area contributed by atoms with Crippen molar-refractivity contribution in [2.45, 2.75) is 61.7 Å². The Kier molecular flexibility index (Phi) is 2.58. The summed E-state index contributed by atoms with van der Waals surface area (Å²) in [7, 11) is 0. The second-order valence-corrected chi connectivity index (χ2v) is 8.91. The minimum absolute atomic E-state index is 0.157. The number of phenolic OH excluding ortho intramolecular Hbond substituents is 1. The van der Waals surface area contributed by atoms with E-state index in [1.165, 1.54) is 18.4 Å². The average molecular weight is 339 g/mol. The molecule has 2 heterocycles. The van der Waals surface area contributed by atoms with E-state index in [2.05, 4.69) is 11.5 Å². The van der Waals surface area contributed by atoms with Crippen LogP contribution >= 0.6 is 0 Å². The molecule has 2 N–H and O–H groups in total. The summed E-state index contributed by atoms with van der Waals surface area (Å²) >= 11 is 0. The average Bonchev–Trinajstić information content (AvgIpc) is 3.32. The van der Waals surface area contributed by atoms with Gasteiger partial charge in [0.05, 0.1) is 11.0 Å². The molecular formula is C21H25NO3. The lowest BCUT2D eigenvalue weighted by molar-refractivity contribution is -0.174. The fraction of sp³-hybridized carbons (Fsp3) is 0.619. The van der Waals surface area contributed by atoms with Gasteiger partial charge in [0.1, 0.15) is 6.10 Å². The van der Waals surface area contributed by atoms with Crippen molar-refractivity contribution in [3.63, 3.8) is 0 Å². The van der Waals surface area contributed by atoms with Gasteiger partial charge in [0.25, 0.3) is 0 Å². The number of aliphatic hydroxyl groups is 1. The molecule has 1 aromatic carbocycles. The van der Waals surface area contributed by atoms with Gasteiger partial charge in [0.15, 0.2) is 11.5 Å². The Morgan fingerprint density at radius 3 is 2.92 bits per heavy atom. The fourth-order valence-corrected chi connectivity index (χ4v) is 6.39. The molecule has 2 aliphatic heterocycles. The van der Waals surface area contributed by atoms with Crippen molar-refractivity contribution in [1.82, 2.24) is 4.90 Å². The zero-order valence-corrected chi connectivity index (χ0v) is 14.5. The lowest BCUT2D eigenvalue weighted by Crippen LogP contribution is -2.75. The maximum atomic E-state index is 12.1. The molecule has 0 radical (unpaired) electrons. The van der Waals surface area contributed by atoms with Gasteiger partial charge in [-0.05, 0) is 68.2 Å². The van der Waals surface area contributed by atoms with Crippen LogP contribution in [0.3, 0.4) is 0 Å². The number of hydrogen-bond acceptors (Lipinski definition) is 4. The Morgan fingerprint density at radius 2 is 2.12 bits per heavy atom. The minimum atomic E-state index is -0.780. The van der Waals surface area contributed by atoms with Crippen LogP contribution < -0.4 is 4.74 Å². The molecule has 1 saturated heterocycles. The second kappa shape index (κ2) is 4.41. The molecule has 132 valence electrons. The summed E-state index contributed by atoms with van der Waals surface area (Å²) in [6.45, 7) is 6.40. The van der Waals surface area contributed by atoms with Crippen molar-refractivity contribution >= 4 is 0 Å². The van der Waals surface area contributed by atoms with Crippen LogP contribution in [0.15, 0.2) is 24.3 Å². The van der Waals surface area contributed by atoms with Crippen molar-refractivity contribution < 1.29 is 14.9 Å². The molecule has 5 aliphatic rings. The summed E-state index contributed by atoms with van der Waals surface area (Å²) in [6, 6.07) is 3.96. The molecule has 0 unspecified atom stereocenters. The van der Waals surface area contributed by atoms with E-state index in [9.17, 15) is 10.2 Å². The number of phenols is 1. The largest absolute Gasteiger partial charge is 0.504 e. The summed E-state index contributed by atoms with van der Waals surface area (Å²) in [6.07, 6.45) is 5.79. The Hall–Kier alpha value is -1.52. The quantitative estimate of drug-likeness (QED) is 0.813. The number of likely N-dealkylation sites (tertiary alicyclic amines) is 1. The zero-order chi connectivity index (χ0) is 17.0. The van der Waals surface area contributed by atoms with Gasteiger partial charge in [-0.15, -0.1) is 0 Å². The second-order valence-electron chi connectivity index (χ2n) is 8.91. The first-order valence-electron chi connectivity index (χ1n) is 9.71. The molecule has 2 bridgehead atoms. The number of hydrogen-bond donors (Lipinski definition) is 2. The Bertz CT molecular complexity index is 801. The molecule has 3 fully saturated rings. The molecule has 2 saturated carbocycles. The molecule has 25 heavy (non-hydrogen) atoms. The molecule has 1 spiro atoms. The van der Waals surface area contributed by atoms with Crippen molar-refractivity contribution in [1.29, 1.82) is 0 Å². The zero-order valence-electron chi connectivity index (χ0n) is 14.5. The first-order valence-corrected chi connectivity index (χ1v) is 9.71. The molecule has 4 heteroatoms. The lowest BCUT2D eigenvalue weighted by atomic mass is 9.48. The maximum absolute atomic E-state index is 12.1. The number of nitrogens with zero attached hydrogens (tertiary/aromatic N) is 1. The third kappa shape index (κ3) is 1.57. The van der Waals surface area contributed by atoms with Crippen molar-refractivity contribution in [3.05, 3.63) is 35.4 Å². The summed E-state index contributed by atoms with van der Waals surface area (Å²) in [5.74, 6) is 1.64. The topological polar surface area (TPSA) is 52.9 Å². The number of benzene rings is 1. The SMILES string of the molecule is C=C1CC[C@]2(O)[C@@H]3Cc4ccc(O)c5c4[C@]2(CCN3CC2CC2)[C@@H]1O5. The molecule has 6 rings (SSSR count). The molecule has 0 aromatic heterocycles. The van der Waals surface area contributed by atoms with E-state index in [1.807, 2.05) is 6.07 Å². The highest BCUT2D eigenvalue weighted by molar-refractivity contribution is 5.63. The molecule has 4 nitrogen and oxygen atoms in total. The highest BCUT2D eigenvalue weighted by atomic mass is 16.5. The van der Waals surface area contributed by atoms with Crippen LogP contribution in [0.4, 0.5) is 0 Å². The minimum Gasteiger partial charge on any atom is -0.504 e. The van der Waals surface area contributed by atoms with Crippen LogP contribution in [0, 0.1) is 5.92 Å². The summed E-state index contributed by atoms with van der Waals surface area (Å²) < 4.78 is 6.29. The van der Waals surface area contributed by atoms with Gasteiger partial charge in [-0.2, -0.15) is 0 Å². The van der Waals surface area contributed by atoms with Gasteiger partial charge < -0.3 is 14.9 Å². The Labute approximate surface area is 148 Å². The highest BCUT2D eigenvalue weighted by Gasteiger charge is 2.71. The van der Waals surface area contributed by atoms with Crippen LogP contribution in [0.5, 0.6) is 11.5 Å². The third-order valence-electron chi connectivity index (χ3n) is 7.71. The van der Waals surface area contributed by atoms with Gasteiger partial charge in [-0.1, -0.05) is 12.6 Å². The Morgan fingerprint density at radius 1 is 1.28 bits per heavy atom. The molecule has 3 aliphatic carbocycles. The van der Waals surface area contributed by atoms with Gasteiger partial charge >= 0.3 is 0 Å². The molecule has 0 amide bonds. The summed E-state index contributed by atoms with van der Waals surface area (Å²) in [4.78, 5) is 2.56. The number of piperidine rings is 1. The van der Waals surface area contributed by atoms with E-state index < -0.39 is 11.0 Å². The van der Waals surface area contributed by atoms with E-state index >= 15 is 0 Å². The Balaban J connectivity index is 1.58. The van der Waals surface area contributed by atoms with E-state index in [4.69, 9.17) is 4.74 Å². The van der Waals surface area contributed by atoms with Crippen molar-refractivity contribution in [3.8, 4) is 11.5 Å². The highest BCUT2D eigenvalue weighted by Crippen LogP contribution is 2.66. The smallest absolute Gasteiger partial charge is 0.166 e. The van der Waals surface area contributed by atoms with Crippen molar-refractivity contribution in [2.75, 3.05) is 13.1 Å². The first kappa shape index (κ1) is 14.6. The standard InChI is InChI=1S/C21H25NO3/c1-12-6-7-21(24)16-10-14-4-5-15(23)18-17(14)20(21,19(12)25-18)8-9-22(16)11-13-2-3-13/h4-5,13,16,19,23-24H,1-3,6-11H2/t16-,19+,20+,21-/m0/s1. The van der Waals surface area contributed by atoms with E-state index in [0.717, 1.165) is 55.8 Å². The van der Waals surface area contributed by atoms with Gasteiger partial charge in [0.2, 0.25) is 0 Å². The van der Waals surface area contributed by atoms with E-state index in [0.29, 0.717) is 5.75 Å². The van der Waals surface area contributed by atoms with Crippen LogP contribution in [-0.4, -0.2) is 45.9 Å². The number of ether oxygens (including phenoxy) is 1. The monoisotopic (exact) mass is 339 g/mol. The fourth-order valence-electron chi connectivity index (χ4n) is 6.39. The normalized spacial score (nSPS) is 41.4. The van der Waals surface area contributed by atoms with Crippen LogP contribution in [0.1, 0.15) is 43.2 Å². The number of aromatic hydroxyl groups is 1. The van der Waals surface area contributed by atoms with Gasteiger partial charge in [0, 0.05) is 18.2 Å².